The molecule has 0 spiro atoms. The number of pyridine rings is 1. The third kappa shape index (κ3) is 3.31. The number of fused-ring (bicyclic) bond motifs is 2. The Hall–Kier alpha value is -2.77. The van der Waals surface area contributed by atoms with Crippen molar-refractivity contribution in [2.24, 2.45) is 0 Å². The lowest BCUT2D eigenvalue weighted by Crippen LogP contribution is -3.14. The standard InChI is InChI=1S/C19H20N4O3/c24-18(20-7-8-22-9-11-26-12-10-22)14-5-6-17-21-16-4-2-1-3-15(16)19(25)23(17)13-14/h1-6,13H,7-12H2,(H,20,24)/p+1. The summed E-state index contributed by atoms with van der Waals surface area (Å²) < 4.78 is 6.77. The number of ether oxygens (including phenoxy) is 1. The van der Waals surface area contributed by atoms with Gasteiger partial charge in [-0.3, -0.25) is 14.0 Å². The number of carbonyl (C=O) groups excluding carboxylic acids is 1. The first kappa shape index (κ1) is 16.7. The van der Waals surface area contributed by atoms with Crippen LogP contribution in [0.2, 0.25) is 0 Å². The van der Waals surface area contributed by atoms with Gasteiger partial charge in [-0.05, 0) is 24.3 Å². The minimum absolute atomic E-state index is 0.169. The molecule has 1 amide bonds. The summed E-state index contributed by atoms with van der Waals surface area (Å²) in [6, 6.07) is 10.6. The molecule has 3 aromatic rings. The molecule has 3 heterocycles. The molecule has 0 atom stereocenters. The Morgan fingerprint density at radius 3 is 2.85 bits per heavy atom. The fraction of sp³-hybridized carbons (Fsp3) is 0.316. The molecule has 26 heavy (non-hydrogen) atoms. The van der Waals surface area contributed by atoms with E-state index in [1.807, 2.05) is 18.2 Å². The maximum absolute atomic E-state index is 12.7. The summed E-state index contributed by atoms with van der Waals surface area (Å²) in [6.45, 7) is 4.96. The Bertz CT molecular complexity index is 1010. The van der Waals surface area contributed by atoms with E-state index in [1.165, 1.54) is 9.30 Å². The first-order valence-electron chi connectivity index (χ1n) is 8.83. The molecule has 1 aliphatic rings. The Labute approximate surface area is 150 Å². The van der Waals surface area contributed by atoms with E-state index >= 15 is 0 Å². The molecule has 0 bridgehead atoms. The van der Waals surface area contributed by atoms with E-state index in [4.69, 9.17) is 4.74 Å². The molecule has 1 saturated heterocycles. The highest BCUT2D eigenvalue weighted by molar-refractivity contribution is 5.94. The summed E-state index contributed by atoms with van der Waals surface area (Å²) in [7, 11) is 0. The molecular formula is C19H21N4O3+. The van der Waals surface area contributed by atoms with E-state index in [9.17, 15) is 9.59 Å². The number of para-hydroxylation sites is 1. The Morgan fingerprint density at radius 2 is 2.00 bits per heavy atom. The van der Waals surface area contributed by atoms with Gasteiger partial charge in [0.2, 0.25) is 0 Å². The van der Waals surface area contributed by atoms with E-state index in [0.29, 0.717) is 28.7 Å². The predicted molar refractivity (Wildman–Crippen MR) is 97.7 cm³/mol. The highest BCUT2D eigenvalue weighted by atomic mass is 16.5. The summed E-state index contributed by atoms with van der Waals surface area (Å²) in [5.74, 6) is -0.181. The molecule has 4 rings (SSSR count). The van der Waals surface area contributed by atoms with Crippen molar-refractivity contribution in [2.45, 2.75) is 0 Å². The maximum Gasteiger partial charge on any atom is 0.265 e. The number of aromatic nitrogens is 2. The highest BCUT2D eigenvalue weighted by Gasteiger charge is 2.14. The predicted octanol–water partition coefficient (Wildman–Crippen LogP) is -0.507. The van der Waals surface area contributed by atoms with E-state index in [-0.39, 0.29) is 11.5 Å². The van der Waals surface area contributed by atoms with Gasteiger partial charge in [0.15, 0.2) is 0 Å². The van der Waals surface area contributed by atoms with Crippen LogP contribution in [0.5, 0.6) is 0 Å². The second-order valence-corrected chi connectivity index (χ2v) is 6.45. The smallest absolute Gasteiger partial charge is 0.265 e. The fourth-order valence-corrected chi connectivity index (χ4v) is 3.25. The van der Waals surface area contributed by atoms with Gasteiger partial charge < -0.3 is 15.0 Å². The van der Waals surface area contributed by atoms with Gasteiger partial charge in [0.25, 0.3) is 11.5 Å². The van der Waals surface area contributed by atoms with Gasteiger partial charge in [0.05, 0.1) is 42.8 Å². The lowest BCUT2D eigenvalue weighted by atomic mass is 10.2. The topological polar surface area (TPSA) is 77.1 Å². The number of hydrogen-bond donors (Lipinski definition) is 2. The molecule has 0 aliphatic carbocycles. The molecule has 7 heteroatoms. The number of morpholine rings is 1. The molecule has 134 valence electrons. The zero-order valence-electron chi connectivity index (χ0n) is 14.4. The molecule has 0 radical (unpaired) electrons. The number of carbonyl (C=O) groups is 1. The zero-order chi connectivity index (χ0) is 17.9. The Kier molecular flexibility index (Phi) is 4.64. The summed E-state index contributed by atoms with van der Waals surface area (Å²) in [5, 5.41) is 3.47. The van der Waals surface area contributed by atoms with Crippen molar-refractivity contribution in [1.29, 1.82) is 0 Å². The number of quaternary nitrogens is 1. The van der Waals surface area contributed by atoms with Crippen LogP contribution in [-0.4, -0.2) is 54.7 Å². The van der Waals surface area contributed by atoms with E-state index in [2.05, 4.69) is 10.3 Å². The van der Waals surface area contributed by atoms with E-state index in [0.717, 1.165) is 32.8 Å². The summed E-state index contributed by atoms with van der Waals surface area (Å²) in [4.78, 5) is 31.0. The number of amides is 1. The van der Waals surface area contributed by atoms with Crippen LogP contribution in [0, 0.1) is 0 Å². The normalized spacial score (nSPS) is 15.4. The number of hydrogen-bond acceptors (Lipinski definition) is 4. The molecule has 2 N–H and O–H groups in total. The summed E-state index contributed by atoms with van der Waals surface area (Å²) >= 11 is 0. The SMILES string of the molecule is O=C(NCC[NH+]1CCOCC1)c1ccc2nc3ccccc3c(=O)n2c1. The average Bonchev–Trinajstić information content (AvgIpc) is 2.69. The van der Waals surface area contributed by atoms with Crippen LogP contribution >= 0.6 is 0 Å². The molecule has 1 aromatic carbocycles. The minimum atomic E-state index is -0.181. The van der Waals surface area contributed by atoms with Crippen molar-refractivity contribution in [3.63, 3.8) is 0 Å². The van der Waals surface area contributed by atoms with Crippen LogP contribution < -0.4 is 15.8 Å². The highest BCUT2D eigenvalue weighted by Crippen LogP contribution is 2.10. The quantitative estimate of drug-likeness (QED) is 0.620. The zero-order valence-corrected chi connectivity index (χ0v) is 14.4. The van der Waals surface area contributed by atoms with Gasteiger partial charge in [-0.15, -0.1) is 0 Å². The largest absolute Gasteiger partial charge is 0.370 e. The van der Waals surface area contributed by atoms with Crippen LogP contribution in [0.1, 0.15) is 10.4 Å². The number of rotatable bonds is 4. The van der Waals surface area contributed by atoms with Gasteiger partial charge in [-0.2, -0.15) is 0 Å². The van der Waals surface area contributed by atoms with Gasteiger partial charge >= 0.3 is 0 Å². The van der Waals surface area contributed by atoms with Crippen LogP contribution in [0.4, 0.5) is 0 Å². The molecule has 2 aromatic heterocycles. The number of nitrogens with one attached hydrogen (secondary N) is 2. The molecule has 0 unspecified atom stereocenters. The fourth-order valence-electron chi connectivity index (χ4n) is 3.25. The lowest BCUT2D eigenvalue weighted by Gasteiger charge is -2.23. The van der Waals surface area contributed by atoms with E-state index in [1.54, 1.807) is 24.4 Å². The minimum Gasteiger partial charge on any atom is -0.370 e. The van der Waals surface area contributed by atoms with Gasteiger partial charge in [0, 0.05) is 6.20 Å². The molecule has 1 fully saturated rings. The Morgan fingerprint density at radius 1 is 1.19 bits per heavy atom. The number of nitrogens with zero attached hydrogens (tertiary/aromatic N) is 2. The van der Waals surface area contributed by atoms with E-state index < -0.39 is 0 Å². The van der Waals surface area contributed by atoms with Crippen molar-refractivity contribution < 1.29 is 14.4 Å². The average molecular weight is 353 g/mol. The van der Waals surface area contributed by atoms with Crippen LogP contribution in [-0.2, 0) is 4.74 Å². The van der Waals surface area contributed by atoms with Crippen molar-refractivity contribution in [3.05, 3.63) is 58.5 Å². The Balaban J connectivity index is 1.52. The summed E-state index contributed by atoms with van der Waals surface area (Å²) in [5.41, 5.74) is 1.47. The maximum atomic E-state index is 12.7. The molecular weight excluding hydrogens is 332 g/mol. The van der Waals surface area contributed by atoms with Gasteiger partial charge in [-0.25, -0.2) is 4.98 Å². The molecule has 0 saturated carbocycles. The third-order valence-electron chi connectivity index (χ3n) is 4.74. The van der Waals surface area contributed by atoms with Crippen LogP contribution in [0.15, 0.2) is 47.4 Å². The lowest BCUT2D eigenvalue weighted by molar-refractivity contribution is -0.906. The second-order valence-electron chi connectivity index (χ2n) is 6.45. The number of benzene rings is 1. The van der Waals surface area contributed by atoms with Crippen LogP contribution in [0.3, 0.4) is 0 Å². The molecule has 1 aliphatic heterocycles. The van der Waals surface area contributed by atoms with Crippen molar-refractivity contribution >= 4 is 22.5 Å². The van der Waals surface area contributed by atoms with Crippen LogP contribution in [0.25, 0.3) is 16.6 Å². The first-order chi connectivity index (χ1) is 12.7. The van der Waals surface area contributed by atoms with Gasteiger partial charge in [-0.1, -0.05) is 12.1 Å². The third-order valence-corrected chi connectivity index (χ3v) is 4.74. The first-order valence-corrected chi connectivity index (χ1v) is 8.83. The van der Waals surface area contributed by atoms with Gasteiger partial charge in [0.1, 0.15) is 18.7 Å². The van der Waals surface area contributed by atoms with Crippen molar-refractivity contribution in [1.82, 2.24) is 14.7 Å². The second kappa shape index (κ2) is 7.23. The van der Waals surface area contributed by atoms with Crippen molar-refractivity contribution in [2.75, 3.05) is 39.4 Å². The van der Waals surface area contributed by atoms with Crippen molar-refractivity contribution in [3.8, 4) is 0 Å². The summed E-state index contributed by atoms with van der Waals surface area (Å²) in [6.07, 6.45) is 1.56. The molecule has 7 nitrogen and oxygen atoms in total. The monoisotopic (exact) mass is 353 g/mol.